The molecule has 3 nitrogen and oxygen atoms in total. The van der Waals surface area contributed by atoms with Gasteiger partial charge in [0, 0.05) is 12.1 Å². The van der Waals surface area contributed by atoms with E-state index in [9.17, 15) is 0 Å². The molecule has 18 heavy (non-hydrogen) atoms. The van der Waals surface area contributed by atoms with Gasteiger partial charge in [0.15, 0.2) is 5.96 Å². The van der Waals surface area contributed by atoms with E-state index in [2.05, 4.69) is 55.3 Å². The first-order chi connectivity index (χ1) is 8.53. The Bertz CT molecular complexity index is 369. The van der Waals surface area contributed by atoms with Crippen LogP contribution in [0.3, 0.4) is 0 Å². The van der Waals surface area contributed by atoms with Crippen LogP contribution in [-0.2, 0) is 6.42 Å². The molecule has 0 atom stereocenters. The minimum Gasteiger partial charge on any atom is -0.370 e. The Balaban J connectivity index is 2.44. The van der Waals surface area contributed by atoms with Gasteiger partial charge < -0.3 is 11.1 Å². The Kier molecular flexibility index (Phi) is 5.69. The summed E-state index contributed by atoms with van der Waals surface area (Å²) in [5.74, 6) is 0.551. The predicted octanol–water partition coefficient (Wildman–Crippen LogP) is 2.71. The number of benzene rings is 1. The summed E-state index contributed by atoms with van der Waals surface area (Å²) in [7, 11) is 0. The lowest BCUT2D eigenvalue weighted by Gasteiger charge is -2.27. The summed E-state index contributed by atoms with van der Waals surface area (Å²) in [6.45, 7) is 7.19. The molecule has 0 heterocycles. The van der Waals surface area contributed by atoms with E-state index in [1.807, 2.05) is 6.07 Å². The molecule has 0 amide bonds. The number of hydrogen-bond acceptors (Lipinski definition) is 1. The number of nitrogens with zero attached hydrogens (tertiary/aromatic N) is 1. The molecule has 1 aromatic carbocycles. The van der Waals surface area contributed by atoms with E-state index >= 15 is 0 Å². The molecule has 0 aromatic heterocycles. The molecule has 0 saturated heterocycles. The van der Waals surface area contributed by atoms with Gasteiger partial charge in [-0.3, -0.25) is 4.99 Å². The van der Waals surface area contributed by atoms with Crippen molar-refractivity contribution >= 4 is 5.96 Å². The molecule has 3 N–H and O–H groups in total. The van der Waals surface area contributed by atoms with E-state index in [1.54, 1.807) is 0 Å². The maximum Gasteiger partial charge on any atom is 0.188 e. The average Bonchev–Trinajstić information content (AvgIpc) is 2.35. The summed E-state index contributed by atoms with van der Waals surface area (Å²) >= 11 is 0. The lowest BCUT2D eigenvalue weighted by molar-refractivity contribution is 0.423. The molecule has 0 radical (unpaired) electrons. The quantitative estimate of drug-likeness (QED) is 0.600. The second-order valence-electron chi connectivity index (χ2n) is 5.26. The van der Waals surface area contributed by atoms with Crippen molar-refractivity contribution in [1.29, 1.82) is 0 Å². The van der Waals surface area contributed by atoms with E-state index in [-0.39, 0.29) is 5.54 Å². The van der Waals surface area contributed by atoms with Gasteiger partial charge in [0.25, 0.3) is 0 Å². The number of rotatable bonds is 6. The van der Waals surface area contributed by atoms with Crippen LogP contribution in [0.1, 0.15) is 39.2 Å². The highest BCUT2D eigenvalue weighted by molar-refractivity contribution is 5.78. The van der Waals surface area contributed by atoms with Crippen LogP contribution in [0.5, 0.6) is 0 Å². The number of aryl methyl sites for hydroxylation is 1. The molecule has 0 bridgehead atoms. The van der Waals surface area contributed by atoms with Gasteiger partial charge in [-0.05, 0) is 38.7 Å². The van der Waals surface area contributed by atoms with Crippen LogP contribution in [0.2, 0.25) is 0 Å². The maximum atomic E-state index is 5.85. The van der Waals surface area contributed by atoms with Gasteiger partial charge in [0.05, 0.1) is 0 Å². The van der Waals surface area contributed by atoms with Gasteiger partial charge in [-0.25, -0.2) is 0 Å². The first kappa shape index (κ1) is 14.6. The first-order valence-corrected chi connectivity index (χ1v) is 6.65. The topological polar surface area (TPSA) is 50.4 Å². The molecule has 0 aliphatic rings. The number of guanidine groups is 1. The normalized spacial score (nSPS) is 12.5. The second kappa shape index (κ2) is 7.04. The van der Waals surface area contributed by atoms with E-state index in [4.69, 9.17) is 5.73 Å². The van der Waals surface area contributed by atoms with Gasteiger partial charge in [-0.15, -0.1) is 0 Å². The van der Waals surface area contributed by atoms with Crippen LogP contribution >= 0.6 is 0 Å². The molecular weight excluding hydrogens is 222 g/mol. The van der Waals surface area contributed by atoms with Crippen molar-refractivity contribution in [1.82, 2.24) is 5.32 Å². The molecule has 0 spiro atoms. The third kappa shape index (κ3) is 5.71. The van der Waals surface area contributed by atoms with Crippen LogP contribution in [0.15, 0.2) is 35.3 Å². The highest BCUT2D eigenvalue weighted by Gasteiger charge is 2.17. The Morgan fingerprint density at radius 1 is 1.28 bits per heavy atom. The van der Waals surface area contributed by atoms with Gasteiger partial charge in [0.1, 0.15) is 0 Å². The molecule has 0 fully saturated rings. The lowest BCUT2D eigenvalue weighted by atomic mass is 9.95. The van der Waals surface area contributed by atoms with Crippen molar-refractivity contribution in [2.45, 2.75) is 45.6 Å². The zero-order valence-corrected chi connectivity index (χ0v) is 11.7. The van der Waals surface area contributed by atoms with Crippen LogP contribution in [0.4, 0.5) is 0 Å². The Morgan fingerprint density at radius 2 is 1.94 bits per heavy atom. The molecule has 1 aromatic rings. The Morgan fingerprint density at radius 3 is 2.56 bits per heavy atom. The number of hydrogen-bond donors (Lipinski definition) is 2. The fraction of sp³-hybridized carbons (Fsp3) is 0.533. The van der Waals surface area contributed by atoms with Gasteiger partial charge >= 0.3 is 0 Å². The largest absolute Gasteiger partial charge is 0.370 e. The van der Waals surface area contributed by atoms with Crippen molar-refractivity contribution in [2.24, 2.45) is 10.7 Å². The highest BCUT2D eigenvalue weighted by atomic mass is 15.1. The Labute approximate surface area is 111 Å². The van der Waals surface area contributed by atoms with Gasteiger partial charge in [-0.2, -0.15) is 0 Å². The molecule has 0 saturated carbocycles. The lowest BCUT2D eigenvalue weighted by Crippen LogP contribution is -2.47. The first-order valence-electron chi connectivity index (χ1n) is 6.65. The Hall–Kier alpha value is -1.51. The second-order valence-corrected chi connectivity index (χ2v) is 5.26. The fourth-order valence-corrected chi connectivity index (χ4v) is 1.78. The molecule has 0 aliphatic heterocycles. The zero-order valence-electron chi connectivity index (χ0n) is 11.7. The smallest absolute Gasteiger partial charge is 0.188 e. The summed E-state index contributed by atoms with van der Waals surface area (Å²) in [6, 6.07) is 10.5. The third-order valence-corrected chi connectivity index (χ3v) is 2.85. The van der Waals surface area contributed by atoms with Crippen molar-refractivity contribution < 1.29 is 0 Å². The predicted molar refractivity (Wildman–Crippen MR) is 78.8 cm³/mol. The van der Waals surface area contributed by atoms with Crippen molar-refractivity contribution in [3.63, 3.8) is 0 Å². The number of aliphatic imine (C=N–C) groups is 1. The molecule has 100 valence electrons. The van der Waals surface area contributed by atoms with E-state index in [1.165, 1.54) is 5.56 Å². The summed E-state index contributed by atoms with van der Waals surface area (Å²) in [5.41, 5.74) is 7.18. The number of nitrogens with one attached hydrogen (secondary N) is 1. The minimum absolute atomic E-state index is 0.0306. The standard InChI is InChI=1S/C15H25N3/c1-4-12-17-14(16)18-15(2,3)11-10-13-8-6-5-7-9-13/h5-9H,4,10-12H2,1-3H3,(H3,16,17,18). The molecular formula is C15H25N3. The molecule has 3 heteroatoms. The summed E-state index contributed by atoms with van der Waals surface area (Å²) in [4.78, 5) is 4.27. The van der Waals surface area contributed by atoms with Crippen molar-refractivity contribution in [2.75, 3.05) is 6.54 Å². The minimum atomic E-state index is -0.0306. The van der Waals surface area contributed by atoms with Crippen molar-refractivity contribution in [3.8, 4) is 0 Å². The van der Waals surface area contributed by atoms with Crippen LogP contribution in [0.25, 0.3) is 0 Å². The summed E-state index contributed by atoms with van der Waals surface area (Å²) in [6.07, 6.45) is 3.09. The summed E-state index contributed by atoms with van der Waals surface area (Å²) < 4.78 is 0. The van der Waals surface area contributed by atoms with Crippen LogP contribution in [-0.4, -0.2) is 18.0 Å². The number of nitrogens with two attached hydrogens (primary N) is 1. The van der Waals surface area contributed by atoms with E-state index < -0.39 is 0 Å². The third-order valence-electron chi connectivity index (χ3n) is 2.85. The van der Waals surface area contributed by atoms with Gasteiger partial charge in [0.2, 0.25) is 0 Å². The van der Waals surface area contributed by atoms with Gasteiger partial charge in [-0.1, -0.05) is 37.3 Å². The SMILES string of the molecule is CCCN=C(N)NC(C)(C)CCc1ccccc1. The molecule has 1 rings (SSSR count). The maximum absolute atomic E-state index is 5.85. The highest BCUT2D eigenvalue weighted by Crippen LogP contribution is 2.13. The molecule has 0 unspecified atom stereocenters. The van der Waals surface area contributed by atoms with Crippen LogP contribution < -0.4 is 11.1 Å². The van der Waals surface area contributed by atoms with Crippen LogP contribution in [0, 0.1) is 0 Å². The van der Waals surface area contributed by atoms with Crippen molar-refractivity contribution in [3.05, 3.63) is 35.9 Å². The summed E-state index contributed by atoms with van der Waals surface area (Å²) in [5, 5.41) is 3.29. The molecule has 0 aliphatic carbocycles. The average molecular weight is 247 g/mol. The fourth-order valence-electron chi connectivity index (χ4n) is 1.78. The van der Waals surface area contributed by atoms with E-state index in [0.29, 0.717) is 5.96 Å². The zero-order chi connectivity index (χ0) is 13.4. The van der Waals surface area contributed by atoms with E-state index in [0.717, 1.165) is 25.8 Å². The monoisotopic (exact) mass is 247 g/mol.